The fraction of sp³-hybridized carbons (Fsp3) is 0.231. The Morgan fingerprint density at radius 3 is 2.72 bits per heavy atom. The van der Waals surface area contributed by atoms with E-state index in [1.165, 1.54) is 0 Å². The van der Waals surface area contributed by atoms with Crippen molar-refractivity contribution in [2.45, 2.75) is 13.0 Å². The van der Waals surface area contributed by atoms with Crippen LogP contribution in [0.1, 0.15) is 23.0 Å². The molecular formula is C13H16N4O. The van der Waals surface area contributed by atoms with Gasteiger partial charge in [0.15, 0.2) is 0 Å². The lowest BCUT2D eigenvalue weighted by Gasteiger charge is -2.16. The van der Waals surface area contributed by atoms with Crippen LogP contribution in [0.15, 0.2) is 36.7 Å². The Morgan fingerprint density at radius 2 is 2.11 bits per heavy atom. The van der Waals surface area contributed by atoms with Crippen LogP contribution in [0.3, 0.4) is 0 Å². The number of nitrogens with one attached hydrogen (secondary N) is 1. The average Bonchev–Trinajstić information content (AvgIpc) is 2.42. The molecule has 2 aromatic rings. The number of hydrazine groups is 1. The highest BCUT2D eigenvalue weighted by Crippen LogP contribution is 2.22. The molecule has 1 heterocycles. The number of aryl methyl sites for hydroxylation is 1. The van der Waals surface area contributed by atoms with Gasteiger partial charge in [0.2, 0.25) is 0 Å². The van der Waals surface area contributed by atoms with Gasteiger partial charge >= 0.3 is 0 Å². The number of methoxy groups -OCH3 is 1. The van der Waals surface area contributed by atoms with Gasteiger partial charge in [0.25, 0.3) is 0 Å². The van der Waals surface area contributed by atoms with Gasteiger partial charge in [-0.05, 0) is 24.6 Å². The normalized spacial score (nSPS) is 12.2. The van der Waals surface area contributed by atoms with E-state index in [0.29, 0.717) is 0 Å². The van der Waals surface area contributed by atoms with E-state index in [1.54, 1.807) is 19.5 Å². The Hall–Kier alpha value is -1.98. The maximum atomic E-state index is 5.61. The summed E-state index contributed by atoms with van der Waals surface area (Å²) in [5, 5.41) is 0. The van der Waals surface area contributed by atoms with E-state index in [9.17, 15) is 0 Å². The van der Waals surface area contributed by atoms with Gasteiger partial charge in [-0.2, -0.15) is 0 Å². The van der Waals surface area contributed by atoms with Gasteiger partial charge in [0.1, 0.15) is 5.75 Å². The standard InChI is InChI=1S/C13H16N4O/c1-9-7-16-12(8-15-9)13(17-14)10-4-3-5-11(6-10)18-2/h3-8,13,17H,14H2,1-2H3. The highest BCUT2D eigenvalue weighted by molar-refractivity contribution is 5.34. The summed E-state index contributed by atoms with van der Waals surface area (Å²) in [6, 6.07) is 7.49. The largest absolute Gasteiger partial charge is 0.497 e. The highest BCUT2D eigenvalue weighted by atomic mass is 16.5. The molecule has 0 fully saturated rings. The minimum atomic E-state index is -0.201. The first-order chi connectivity index (χ1) is 8.74. The zero-order valence-corrected chi connectivity index (χ0v) is 10.4. The third-order valence-electron chi connectivity index (χ3n) is 2.69. The summed E-state index contributed by atoms with van der Waals surface area (Å²) in [5.41, 5.74) is 5.38. The molecule has 0 saturated carbocycles. The Morgan fingerprint density at radius 1 is 1.28 bits per heavy atom. The topological polar surface area (TPSA) is 73.1 Å². The number of aromatic nitrogens is 2. The van der Waals surface area contributed by atoms with Crippen LogP contribution in [-0.4, -0.2) is 17.1 Å². The molecule has 5 heteroatoms. The van der Waals surface area contributed by atoms with Gasteiger partial charge in [0.05, 0.1) is 30.7 Å². The minimum Gasteiger partial charge on any atom is -0.497 e. The van der Waals surface area contributed by atoms with Crippen molar-refractivity contribution < 1.29 is 4.74 Å². The Balaban J connectivity index is 2.35. The summed E-state index contributed by atoms with van der Waals surface area (Å²) in [4.78, 5) is 8.56. The maximum absolute atomic E-state index is 5.61. The number of ether oxygens (including phenoxy) is 1. The van der Waals surface area contributed by atoms with E-state index in [-0.39, 0.29) is 6.04 Å². The van der Waals surface area contributed by atoms with Gasteiger partial charge < -0.3 is 4.74 Å². The molecule has 0 aliphatic rings. The number of hydrogen-bond acceptors (Lipinski definition) is 5. The first-order valence-electron chi connectivity index (χ1n) is 5.63. The van der Waals surface area contributed by atoms with Crippen LogP contribution in [0.5, 0.6) is 5.75 Å². The second-order valence-electron chi connectivity index (χ2n) is 3.96. The molecular weight excluding hydrogens is 228 g/mol. The summed E-state index contributed by atoms with van der Waals surface area (Å²) in [7, 11) is 1.63. The Kier molecular flexibility index (Phi) is 3.86. The van der Waals surface area contributed by atoms with Crippen molar-refractivity contribution in [1.29, 1.82) is 0 Å². The number of nitrogens with two attached hydrogens (primary N) is 1. The van der Waals surface area contributed by atoms with Crippen molar-refractivity contribution in [2.24, 2.45) is 5.84 Å². The molecule has 3 N–H and O–H groups in total. The number of benzene rings is 1. The van der Waals surface area contributed by atoms with E-state index in [1.807, 2.05) is 31.2 Å². The Labute approximate surface area is 106 Å². The third-order valence-corrected chi connectivity index (χ3v) is 2.69. The summed E-state index contributed by atoms with van der Waals surface area (Å²) in [6.07, 6.45) is 3.44. The second-order valence-corrected chi connectivity index (χ2v) is 3.96. The van der Waals surface area contributed by atoms with Crippen LogP contribution in [0.25, 0.3) is 0 Å². The van der Waals surface area contributed by atoms with Crippen molar-refractivity contribution >= 4 is 0 Å². The second kappa shape index (κ2) is 5.57. The number of rotatable bonds is 4. The summed E-state index contributed by atoms with van der Waals surface area (Å²) in [5.74, 6) is 6.39. The fourth-order valence-corrected chi connectivity index (χ4v) is 1.73. The molecule has 0 saturated heterocycles. The zero-order valence-electron chi connectivity index (χ0n) is 10.4. The molecule has 5 nitrogen and oxygen atoms in total. The Bertz CT molecular complexity index is 513. The van der Waals surface area contributed by atoms with Crippen molar-refractivity contribution in [2.75, 3.05) is 7.11 Å². The van der Waals surface area contributed by atoms with Gasteiger partial charge in [-0.15, -0.1) is 0 Å². The lowest BCUT2D eigenvalue weighted by Crippen LogP contribution is -2.29. The van der Waals surface area contributed by atoms with E-state index in [2.05, 4.69) is 15.4 Å². The maximum Gasteiger partial charge on any atom is 0.119 e. The molecule has 94 valence electrons. The molecule has 0 radical (unpaired) electrons. The van der Waals surface area contributed by atoms with E-state index in [0.717, 1.165) is 22.7 Å². The minimum absolute atomic E-state index is 0.201. The van der Waals surface area contributed by atoms with Crippen molar-refractivity contribution in [3.05, 3.63) is 53.6 Å². The van der Waals surface area contributed by atoms with Crippen LogP contribution in [0.4, 0.5) is 0 Å². The molecule has 0 aliphatic carbocycles. The smallest absolute Gasteiger partial charge is 0.119 e. The van der Waals surface area contributed by atoms with Crippen LogP contribution in [0.2, 0.25) is 0 Å². The van der Waals surface area contributed by atoms with Crippen LogP contribution >= 0.6 is 0 Å². The highest BCUT2D eigenvalue weighted by Gasteiger charge is 2.14. The molecule has 1 unspecified atom stereocenters. The molecule has 0 spiro atoms. The summed E-state index contributed by atoms with van der Waals surface area (Å²) < 4.78 is 5.20. The van der Waals surface area contributed by atoms with E-state index >= 15 is 0 Å². The fourth-order valence-electron chi connectivity index (χ4n) is 1.73. The third kappa shape index (κ3) is 2.64. The van der Waals surface area contributed by atoms with Crippen molar-refractivity contribution in [3.63, 3.8) is 0 Å². The molecule has 0 bridgehead atoms. The van der Waals surface area contributed by atoms with E-state index < -0.39 is 0 Å². The first kappa shape index (κ1) is 12.5. The summed E-state index contributed by atoms with van der Waals surface area (Å²) >= 11 is 0. The predicted octanol–water partition coefficient (Wildman–Crippen LogP) is 1.35. The van der Waals surface area contributed by atoms with Crippen LogP contribution in [0, 0.1) is 6.92 Å². The zero-order chi connectivity index (χ0) is 13.0. The number of nitrogens with zero attached hydrogens (tertiary/aromatic N) is 2. The molecule has 1 aromatic heterocycles. The van der Waals surface area contributed by atoms with Gasteiger partial charge in [0, 0.05) is 6.20 Å². The van der Waals surface area contributed by atoms with Crippen molar-refractivity contribution in [1.82, 2.24) is 15.4 Å². The molecule has 18 heavy (non-hydrogen) atoms. The van der Waals surface area contributed by atoms with Gasteiger partial charge in [-0.1, -0.05) is 12.1 Å². The number of hydrogen-bond donors (Lipinski definition) is 2. The predicted molar refractivity (Wildman–Crippen MR) is 68.9 cm³/mol. The van der Waals surface area contributed by atoms with Crippen LogP contribution in [-0.2, 0) is 0 Å². The molecule has 0 aliphatic heterocycles. The quantitative estimate of drug-likeness (QED) is 0.627. The first-order valence-corrected chi connectivity index (χ1v) is 5.63. The van der Waals surface area contributed by atoms with Gasteiger partial charge in [-0.25, -0.2) is 5.43 Å². The molecule has 0 amide bonds. The molecule has 1 aromatic carbocycles. The molecule has 1 atom stereocenters. The average molecular weight is 244 g/mol. The lowest BCUT2D eigenvalue weighted by molar-refractivity contribution is 0.413. The van der Waals surface area contributed by atoms with Crippen LogP contribution < -0.4 is 16.0 Å². The van der Waals surface area contributed by atoms with E-state index in [4.69, 9.17) is 10.6 Å². The SMILES string of the molecule is COc1cccc(C(NN)c2cnc(C)cn2)c1. The van der Waals surface area contributed by atoms with Gasteiger partial charge in [-0.3, -0.25) is 15.8 Å². The molecule has 2 rings (SSSR count). The summed E-state index contributed by atoms with van der Waals surface area (Å²) in [6.45, 7) is 1.90. The van der Waals surface area contributed by atoms with Crippen molar-refractivity contribution in [3.8, 4) is 5.75 Å². The monoisotopic (exact) mass is 244 g/mol. The lowest BCUT2D eigenvalue weighted by atomic mass is 10.0.